The lowest BCUT2D eigenvalue weighted by Crippen LogP contribution is -2.08. The molecule has 4 heteroatoms. The Bertz CT molecular complexity index is 3100. The van der Waals surface area contributed by atoms with Gasteiger partial charge in [-0.3, -0.25) is 0 Å². The normalized spacial score (nSPS) is 13.7. The smallest absolute Gasteiger partial charge is 0.160 e. The molecular weight excluding hydrogens is 681 g/mol. The molecule has 10 aromatic rings. The third-order valence-corrected chi connectivity index (χ3v) is 11.3. The molecule has 3 aromatic heterocycles. The predicted octanol–water partition coefficient (Wildman–Crippen LogP) is 13.1. The van der Waals surface area contributed by atoms with Crippen LogP contribution in [0.3, 0.4) is 0 Å². The predicted molar refractivity (Wildman–Crippen MR) is 231 cm³/mol. The highest BCUT2D eigenvalue weighted by molar-refractivity contribution is 6.21. The molecule has 0 radical (unpaired) electrons. The third kappa shape index (κ3) is 5.13. The number of pyridine rings is 1. The van der Waals surface area contributed by atoms with Crippen LogP contribution in [0.2, 0.25) is 0 Å². The molecule has 0 fully saturated rings. The fourth-order valence-corrected chi connectivity index (χ4v) is 8.63. The van der Waals surface area contributed by atoms with E-state index in [-0.39, 0.29) is 5.92 Å². The standard InChI is InChI=1S/C52H34N4/c1-33-15-14-25-44-48(33)51-49(50(53-44)43-31-37-20-8-9-21-39(37)40-22-10-11-23-41(40)43)42-24-12-13-26-47(42)56(51)38-29-27-36(28-30-38)52-54-45(34-16-4-2-5-17-34)32-46(55-52)35-18-6-3-7-19-35/h2-11,13-14,16-23,25-33H,15H2,1H3. The monoisotopic (exact) mass is 714 g/mol. The Kier molecular flexibility index (Phi) is 7.40. The van der Waals surface area contributed by atoms with Gasteiger partial charge in [0.2, 0.25) is 0 Å². The van der Waals surface area contributed by atoms with Crippen molar-refractivity contribution in [3.05, 3.63) is 187 Å². The van der Waals surface area contributed by atoms with E-state index in [2.05, 4.69) is 151 Å². The van der Waals surface area contributed by atoms with Crippen molar-refractivity contribution < 1.29 is 0 Å². The molecule has 3 heterocycles. The number of benzene rings is 6. The number of nitrogens with zero attached hydrogens (tertiary/aromatic N) is 4. The lowest BCUT2D eigenvalue weighted by Gasteiger charge is -2.22. The second kappa shape index (κ2) is 12.9. The van der Waals surface area contributed by atoms with Gasteiger partial charge in [-0.2, -0.15) is 0 Å². The van der Waals surface area contributed by atoms with Gasteiger partial charge in [0.25, 0.3) is 0 Å². The van der Waals surface area contributed by atoms with Gasteiger partial charge in [-0.1, -0.05) is 134 Å². The van der Waals surface area contributed by atoms with Gasteiger partial charge in [-0.15, -0.1) is 0 Å². The van der Waals surface area contributed by atoms with Crippen molar-refractivity contribution in [2.45, 2.75) is 19.3 Å². The zero-order valence-electron chi connectivity index (χ0n) is 30.7. The summed E-state index contributed by atoms with van der Waals surface area (Å²) in [6.07, 6.45) is 5.43. The highest BCUT2D eigenvalue weighted by Crippen LogP contribution is 2.46. The summed E-state index contributed by atoms with van der Waals surface area (Å²) in [4.78, 5) is 15.8. The summed E-state index contributed by atoms with van der Waals surface area (Å²) in [5, 5.41) is 6.97. The van der Waals surface area contributed by atoms with Crippen molar-refractivity contribution in [2.75, 3.05) is 0 Å². The highest BCUT2D eigenvalue weighted by Gasteiger charge is 2.27. The lowest BCUT2D eigenvalue weighted by molar-refractivity contribution is 0.769. The van der Waals surface area contributed by atoms with E-state index >= 15 is 0 Å². The topological polar surface area (TPSA) is 43.6 Å². The molecule has 262 valence electrons. The molecule has 1 atom stereocenters. The average molecular weight is 715 g/mol. The van der Waals surface area contributed by atoms with Crippen molar-refractivity contribution in [2.24, 2.45) is 0 Å². The number of hydrogen-bond acceptors (Lipinski definition) is 3. The first-order valence-corrected chi connectivity index (χ1v) is 19.2. The number of allylic oxidation sites excluding steroid dienone is 1. The molecule has 0 bridgehead atoms. The Morgan fingerprint density at radius 2 is 1.29 bits per heavy atom. The van der Waals surface area contributed by atoms with Gasteiger partial charge in [-0.05, 0) is 88.5 Å². The van der Waals surface area contributed by atoms with Crippen LogP contribution in [0.1, 0.15) is 30.5 Å². The summed E-state index contributed by atoms with van der Waals surface area (Å²) >= 11 is 0. The first-order valence-electron chi connectivity index (χ1n) is 19.2. The SMILES string of the molecule is CC1CC=Cc2nc(-c3cc4ccccc4c4ccccc34)c3c4c#cccc4n(-c4ccc(-c5nc(-c6ccccc6)cc(-c6ccccc6)n5)cc4)c3c21. The minimum atomic E-state index is 0.282. The van der Waals surface area contributed by atoms with E-state index < -0.39 is 0 Å². The minimum absolute atomic E-state index is 0.282. The Hall–Kier alpha value is -7.35. The van der Waals surface area contributed by atoms with Crippen LogP contribution in [0.5, 0.6) is 0 Å². The molecule has 1 aliphatic carbocycles. The number of hydrogen-bond donors (Lipinski definition) is 0. The van der Waals surface area contributed by atoms with Gasteiger partial charge < -0.3 is 4.57 Å². The molecular formula is C52H34N4. The Morgan fingerprint density at radius 1 is 0.625 bits per heavy atom. The van der Waals surface area contributed by atoms with Crippen molar-refractivity contribution in [3.63, 3.8) is 0 Å². The van der Waals surface area contributed by atoms with Crippen molar-refractivity contribution >= 4 is 49.4 Å². The summed E-state index contributed by atoms with van der Waals surface area (Å²) < 4.78 is 2.42. The van der Waals surface area contributed by atoms with Crippen LogP contribution in [0.15, 0.2) is 164 Å². The summed E-state index contributed by atoms with van der Waals surface area (Å²) in [6.45, 7) is 2.32. The number of fused-ring (bicyclic) bond motifs is 8. The van der Waals surface area contributed by atoms with Gasteiger partial charge in [0.15, 0.2) is 5.82 Å². The van der Waals surface area contributed by atoms with E-state index in [0.717, 1.165) is 73.4 Å². The number of aromatic nitrogens is 4. The van der Waals surface area contributed by atoms with E-state index in [0.29, 0.717) is 5.82 Å². The maximum absolute atomic E-state index is 5.55. The maximum atomic E-state index is 5.55. The summed E-state index contributed by atoms with van der Waals surface area (Å²) in [6, 6.07) is 62.1. The van der Waals surface area contributed by atoms with E-state index in [1.165, 1.54) is 32.6 Å². The molecule has 0 saturated carbocycles. The molecule has 56 heavy (non-hydrogen) atoms. The first-order chi connectivity index (χ1) is 27.7. The summed E-state index contributed by atoms with van der Waals surface area (Å²) in [7, 11) is 0. The minimum Gasteiger partial charge on any atom is -0.308 e. The molecule has 0 amide bonds. The van der Waals surface area contributed by atoms with Crippen LogP contribution in [0, 0.1) is 12.1 Å². The Balaban J connectivity index is 1.15. The molecule has 0 aliphatic heterocycles. The largest absolute Gasteiger partial charge is 0.308 e. The molecule has 4 nitrogen and oxygen atoms in total. The van der Waals surface area contributed by atoms with Gasteiger partial charge in [-0.25, -0.2) is 15.0 Å². The molecule has 0 saturated heterocycles. The molecule has 11 rings (SSSR count). The van der Waals surface area contributed by atoms with Crippen molar-refractivity contribution in [1.29, 1.82) is 0 Å². The van der Waals surface area contributed by atoms with E-state index in [1.807, 2.05) is 42.5 Å². The Morgan fingerprint density at radius 3 is 2.02 bits per heavy atom. The van der Waals surface area contributed by atoms with Crippen LogP contribution in [0.25, 0.3) is 100 Å². The maximum Gasteiger partial charge on any atom is 0.160 e. The number of rotatable bonds is 5. The van der Waals surface area contributed by atoms with E-state index in [9.17, 15) is 0 Å². The van der Waals surface area contributed by atoms with E-state index in [1.54, 1.807) is 0 Å². The van der Waals surface area contributed by atoms with Gasteiger partial charge in [0, 0.05) is 38.9 Å². The molecule has 0 spiro atoms. The fraction of sp³-hybridized carbons (Fsp3) is 0.0577. The fourth-order valence-electron chi connectivity index (χ4n) is 8.63. The van der Waals surface area contributed by atoms with E-state index in [4.69, 9.17) is 15.0 Å². The average Bonchev–Trinajstić information content (AvgIpc) is 3.61. The second-order valence-corrected chi connectivity index (χ2v) is 14.7. The zero-order chi connectivity index (χ0) is 37.2. The Labute approximate surface area is 325 Å². The lowest BCUT2D eigenvalue weighted by atomic mass is 9.87. The van der Waals surface area contributed by atoms with Gasteiger partial charge in [0.1, 0.15) is 0 Å². The second-order valence-electron chi connectivity index (χ2n) is 14.7. The van der Waals surface area contributed by atoms with Crippen LogP contribution < -0.4 is 0 Å². The molecule has 1 aliphatic rings. The van der Waals surface area contributed by atoms with Crippen LogP contribution in [0.4, 0.5) is 0 Å². The van der Waals surface area contributed by atoms with Crippen LogP contribution in [-0.4, -0.2) is 19.5 Å². The van der Waals surface area contributed by atoms with Crippen LogP contribution >= 0.6 is 0 Å². The highest BCUT2D eigenvalue weighted by atomic mass is 15.0. The zero-order valence-corrected chi connectivity index (χ0v) is 30.7. The molecule has 7 aromatic carbocycles. The molecule has 0 N–H and O–H groups in total. The third-order valence-electron chi connectivity index (χ3n) is 11.3. The van der Waals surface area contributed by atoms with Gasteiger partial charge >= 0.3 is 0 Å². The molecule has 1 unspecified atom stereocenters. The van der Waals surface area contributed by atoms with Crippen LogP contribution in [-0.2, 0) is 0 Å². The van der Waals surface area contributed by atoms with Crippen molar-refractivity contribution in [1.82, 2.24) is 19.5 Å². The summed E-state index contributed by atoms with van der Waals surface area (Å²) in [5.41, 5.74) is 12.5. The summed E-state index contributed by atoms with van der Waals surface area (Å²) in [5.74, 6) is 0.969. The first kappa shape index (κ1) is 32.1. The van der Waals surface area contributed by atoms with Gasteiger partial charge in [0.05, 0.1) is 39.2 Å². The quantitative estimate of drug-likeness (QED) is 0.167. The van der Waals surface area contributed by atoms with Crippen molar-refractivity contribution in [3.8, 4) is 50.8 Å².